The SMILES string of the molecule is O[C@@H]1[C@H](O)[C@@H](Oc2cccc(C(F)(F)F)n2)CO[C@@H]1CSc1ccccn1. The number of aliphatic hydroxyl groups is 2. The molecule has 3 heterocycles. The molecule has 3 rings (SSSR count). The molecule has 1 fully saturated rings. The van der Waals surface area contributed by atoms with Crippen molar-refractivity contribution < 1.29 is 32.9 Å². The molecule has 0 radical (unpaired) electrons. The van der Waals surface area contributed by atoms with E-state index < -0.39 is 36.3 Å². The first-order chi connectivity index (χ1) is 12.8. The van der Waals surface area contributed by atoms with Crippen molar-refractivity contribution in [3.8, 4) is 5.88 Å². The number of thioether (sulfide) groups is 1. The quantitative estimate of drug-likeness (QED) is 0.742. The standard InChI is InChI=1S/C17H17F3N2O4S/c18-17(19,20)12-4-3-5-13(22-12)26-10-8-25-11(16(24)15(10)23)9-27-14-6-1-2-7-21-14/h1-7,10-11,15-16,23-24H,8-9H2/t10-,11+,15+,16-/m0/s1. The summed E-state index contributed by atoms with van der Waals surface area (Å²) in [7, 11) is 0. The van der Waals surface area contributed by atoms with Gasteiger partial charge in [0.25, 0.3) is 0 Å². The predicted octanol–water partition coefficient (Wildman–Crippen LogP) is 2.16. The number of rotatable bonds is 5. The van der Waals surface area contributed by atoms with Crippen molar-refractivity contribution in [3.63, 3.8) is 0 Å². The average Bonchev–Trinajstić information content (AvgIpc) is 2.65. The van der Waals surface area contributed by atoms with E-state index in [1.807, 2.05) is 12.1 Å². The van der Waals surface area contributed by atoms with Crippen molar-refractivity contribution in [2.45, 2.75) is 35.6 Å². The minimum atomic E-state index is -4.60. The molecule has 2 N–H and O–H groups in total. The largest absolute Gasteiger partial charge is 0.469 e. The molecule has 1 saturated heterocycles. The smallest absolute Gasteiger partial charge is 0.433 e. The summed E-state index contributed by atoms with van der Waals surface area (Å²) >= 11 is 1.36. The summed E-state index contributed by atoms with van der Waals surface area (Å²) in [6.07, 6.45) is -7.25. The van der Waals surface area contributed by atoms with Crippen molar-refractivity contribution in [3.05, 3.63) is 48.3 Å². The highest BCUT2D eigenvalue weighted by Crippen LogP contribution is 2.30. The second-order valence-corrected chi connectivity index (χ2v) is 6.89. The number of ether oxygens (including phenoxy) is 2. The van der Waals surface area contributed by atoms with E-state index in [1.54, 1.807) is 12.3 Å². The van der Waals surface area contributed by atoms with Crippen LogP contribution in [0.1, 0.15) is 5.69 Å². The van der Waals surface area contributed by atoms with Crippen molar-refractivity contribution in [2.75, 3.05) is 12.4 Å². The van der Waals surface area contributed by atoms with Crippen LogP contribution in [-0.4, -0.2) is 57.0 Å². The molecule has 10 heteroatoms. The van der Waals surface area contributed by atoms with Gasteiger partial charge in [0, 0.05) is 18.0 Å². The molecule has 2 aromatic rings. The molecular formula is C17H17F3N2O4S. The molecule has 0 amide bonds. The van der Waals surface area contributed by atoms with Crippen LogP contribution in [0.4, 0.5) is 13.2 Å². The number of hydrogen-bond acceptors (Lipinski definition) is 7. The van der Waals surface area contributed by atoms with Gasteiger partial charge in [0.2, 0.25) is 5.88 Å². The van der Waals surface area contributed by atoms with Crippen LogP contribution >= 0.6 is 11.8 Å². The Morgan fingerprint density at radius 3 is 2.67 bits per heavy atom. The fourth-order valence-electron chi connectivity index (χ4n) is 2.50. The summed E-state index contributed by atoms with van der Waals surface area (Å²) in [5, 5.41) is 21.3. The summed E-state index contributed by atoms with van der Waals surface area (Å²) in [6, 6.07) is 8.64. The summed E-state index contributed by atoms with van der Waals surface area (Å²) < 4.78 is 49.0. The Labute approximate surface area is 157 Å². The van der Waals surface area contributed by atoms with Gasteiger partial charge in [-0.25, -0.2) is 9.97 Å². The predicted molar refractivity (Wildman–Crippen MR) is 90.4 cm³/mol. The number of aromatic nitrogens is 2. The molecule has 0 spiro atoms. The Kier molecular flexibility index (Phi) is 6.20. The highest BCUT2D eigenvalue weighted by molar-refractivity contribution is 7.99. The fourth-order valence-corrected chi connectivity index (χ4v) is 3.44. The third-order valence-electron chi connectivity index (χ3n) is 3.91. The molecule has 1 aliphatic heterocycles. The van der Waals surface area contributed by atoms with Crippen LogP contribution in [0.25, 0.3) is 0 Å². The zero-order chi connectivity index (χ0) is 19.4. The number of hydrogen-bond donors (Lipinski definition) is 2. The Bertz CT molecular complexity index is 750. The molecule has 0 unspecified atom stereocenters. The fraction of sp³-hybridized carbons (Fsp3) is 0.412. The zero-order valence-electron chi connectivity index (χ0n) is 13.9. The first-order valence-corrected chi connectivity index (χ1v) is 9.05. The lowest BCUT2D eigenvalue weighted by atomic mass is 10.0. The lowest BCUT2D eigenvalue weighted by Gasteiger charge is -2.37. The van der Waals surface area contributed by atoms with Crippen LogP contribution in [0.5, 0.6) is 5.88 Å². The Morgan fingerprint density at radius 2 is 1.96 bits per heavy atom. The molecule has 4 atom stereocenters. The molecular weight excluding hydrogens is 385 g/mol. The van der Waals surface area contributed by atoms with E-state index in [9.17, 15) is 23.4 Å². The van der Waals surface area contributed by atoms with Crippen LogP contribution < -0.4 is 4.74 Å². The van der Waals surface area contributed by atoms with E-state index in [0.717, 1.165) is 17.2 Å². The van der Waals surface area contributed by atoms with Crippen LogP contribution in [0.2, 0.25) is 0 Å². The molecule has 1 aliphatic rings. The van der Waals surface area contributed by atoms with Crippen molar-refractivity contribution in [1.29, 1.82) is 0 Å². The average molecular weight is 402 g/mol. The monoisotopic (exact) mass is 402 g/mol. The minimum absolute atomic E-state index is 0.0937. The van der Waals surface area contributed by atoms with Gasteiger partial charge in [-0.05, 0) is 18.2 Å². The molecule has 0 bridgehead atoms. The second-order valence-electron chi connectivity index (χ2n) is 5.85. The van der Waals surface area contributed by atoms with E-state index >= 15 is 0 Å². The van der Waals surface area contributed by atoms with Crippen molar-refractivity contribution in [1.82, 2.24) is 9.97 Å². The van der Waals surface area contributed by atoms with Crippen LogP contribution in [0.15, 0.2) is 47.6 Å². The van der Waals surface area contributed by atoms with E-state index in [0.29, 0.717) is 5.75 Å². The molecule has 27 heavy (non-hydrogen) atoms. The Hall–Kier alpha value is -1.88. The maximum absolute atomic E-state index is 12.7. The highest BCUT2D eigenvalue weighted by atomic mass is 32.2. The topological polar surface area (TPSA) is 84.7 Å². The second kappa shape index (κ2) is 8.42. The third kappa shape index (κ3) is 5.10. The van der Waals surface area contributed by atoms with Gasteiger partial charge in [0.05, 0.1) is 17.7 Å². The molecule has 146 valence electrons. The van der Waals surface area contributed by atoms with E-state index in [1.165, 1.54) is 17.8 Å². The van der Waals surface area contributed by atoms with Gasteiger partial charge in [0.15, 0.2) is 6.10 Å². The summed E-state index contributed by atoms with van der Waals surface area (Å²) in [4.78, 5) is 7.53. The van der Waals surface area contributed by atoms with E-state index in [4.69, 9.17) is 9.47 Å². The van der Waals surface area contributed by atoms with Gasteiger partial charge in [-0.2, -0.15) is 13.2 Å². The van der Waals surface area contributed by atoms with E-state index in [-0.39, 0.29) is 12.5 Å². The maximum atomic E-state index is 12.7. The number of nitrogens with zero attached hydrogens (tertiary/aromatic N) is 2. The maximum Gasteiger partial charge on any atom is 0.433 e. The first kappa shape index (κ1) is 19.9. The Balaban J connectivity index is 1.59. The molecule has 0 aromatic carbocycles. The van der Waals surface area contributed by atoms with Crippen molar-refractivity contribution >= 4 is 11.8 Å². The number of halogens is 3. The summed E-state index contributed by atoms with van der Waals surface area (Å²) in [5.74, 6) is 0.0509. The van der Waals surface area contributed by atoms with Gasteiger partial charge in [-0.15, -0.1) is 11.8 Å². The van der Waals surface area contributed by atoms with E-state index in [2.05, 4.69) is 9.97 Å². The first-order valence-electron chi connectivity index (χ1n) is 8.07. The van der Waals surface area contributed by atoms with Gasteiger partial charge in [-0.1, -0.05) is 12.1 Å². The van der Waals surface area contributed by atoms with Crippen LogP contribution in [-0.2, 0) is 10.9 Å². The Morgan fingerprint density at radius 1 is 1.15 bits per heavy atom. The van der Waals surface area contributed by atoms with Crippen LogP contribution in [0, 0.1) is 0 Å². The minimum Gasteiger partial charge on any atom is -0.469 e. The summed E-state index contributed by atoms with van der Waals surface area (Å²) in [6.45, 7) is -0.0937. The highest BCUT2D eigenvalue weighted by Gasteiger charge is 2.40. The normalized spacial score (nSPS) is 26.0. The van der Waals surface area contributed by atoms with Gasteiger partial charge in [0.1, 0.15) is 17.9 Å². The molecule has 0 saturated carbocycles. The summed E-state index contributed by atoms with van der Waals surface area (Å²) in [5.41, 5.74) is -1.10. The van der Waals surface area contributed by atoms with Gasteiger partial charge in [-0.3, -0.25) is 0 Å². The third-order valence-corrected chi connectivity index (χ3v) is 4.94. The number of aliphatic hydroxyl groups excluding tert-OH is 2. The number of alkyl halides is 3. The zero-order valence-corrected chi connectivity index (χ0v) is 14.7. The van der Waals surface area contributed by atoms with Crippen LogP contribution in [0.3, 0.4) is 0 Å². The lowest BCUT2D eigenvalue weighted by Crippen LogP contribution is -2.55. The van der Waals surface area contributed by atoms with Gasteiger partial charge >= 0.3 is 6.18 Å². The molecule has 6 nitrogen and oxygen atoms in total. The molecule has 2 aromatic heterocycles. The number of pyridine rings is 2. The van der Waals surface area contributed by atoms with Crippen molar-refractivity contribution in [2.24, 2.45) is 0 Å². The van der Waals surface area contributed by atoms with Gasteiger partial charge < -0.3 is 19.7 Å². The lowest BCUT2D eigenvalue weighted by molar-refractivity contribution is -0.174. The molecule has 0 aliphatic carbocycles.